The van der Waals surface area contributed by atoms with E-state index in [1.807, 2.05) is 30.3 Å². The SMILES string of the molecule is O=C(O/N=C(\c1ccccc1)c1ccncc1)c1cccc(F)c1. The summed E-state index contributed by atoms with van der Waals surface area (Å²) in [6.45, 7) is 0. The normalized spacial score (nSPS) is 11.1. The highest BCUT2D eigenvalue weighted by molar-refractivity contribution is 6.12. The number of rotatable bonds is 4. The van der Waals surface area contributed by atoms with E-state index in [0.29, 0.717) is 5.71 Å². The van der Waals surface area contributed by atoms with Gasteiger partial charge in [-0.05, 0) is 30.3 Å². The molecule has 0 unspecified atom stereocenters. The molecule has 24 heavy (non-hydrogen) atoms. The Kier molecular flexibility index (Phi) is 4.72. The van der Waals surface area contributed by atoms with Crippen LogP contribution in [-0.2, 0) is 4.84 Å². The molecule has 0 atom stereocenters. The van der Waals surface area contributed by atoms with Gasteiger partial charge in [0.15, 0.2) is 0 Å². The van der Waals surface area contributed by atoms with Crippen molar-refractivity contribution < 1.29 is 14.0 Å². The minimum atomic E-state index is -0.725. The predicted octanol–water partition coefficient (Wildman–Crippen LogP) is 3.83. The van der Waals surface area contributed by atoms with E-state index in [-0.39, 0.29) is 5.56 Å². The van der Waals surface area contributed by atoms with Gasteiger partial charge in [0, 0.05) is 23.5 Å². The van der Waals surface area contributed by atoms with Crippen LogP contribution in [-0.4, -0.2) is 16.7 Å². The summed E-state index contributed by atoms with van der Waals surface area (Å²) in [6.07, 6.45) is 3.25. The van der Waals surface area contributed by atoms with Gasteiger partial charge in [-0.3, -0.25) is 4.98 Å². The molecule has 2 aromatic carbocycles. The second-order valence-corrected chi connectivity index (χ2v) is 4.93. The third kappa shape index (κ3) is 3.70. The van der Waals surface area contributed by atoms with Crippen LogP contribution < -0.4 is 0 Å². The Labute approximate surface area is 138 Å². The van der Waals surface area contributed by atoms with Gasteiger partial charge < -0.3 is 4.84 Å². The summed E-state index contributed by atoms with van der Waals surface area (Å²) in [6, 6.07) is 18.1. The quantitative estimate of drug-likeness (QED) is 0.417. The number of benzene rings is 2. The third-order valence-electron chi connectivity index (χ3n) is 3.28. The summed E-state index contributed by atoms with van der Waals surface area (Å²) in [5.74, 6) is -1.23. The van der Waals surface area contributed by atoms with Crippen LogP contribution in [0, 0.1) is 5.82 Å². The lowest BCUT2D eigenvalue weighted by atomic mass is 10.0. The first-order valence-electron chi connectivity index (χ1n) is 7.25. The lowest BCUT2D eigenvalue weighted by molar-refractivity contribution is 0.0516. The number of carbonyl (C=O) groups is 1. The Bertz CT molecular complexity index is 823. The van der Waals surface area contributed by atoms with Gasteiger partial charge in [0.1, 0.15) is 11.5 Å². The zero-order valence-electron chi connectivity index (χ0n) is 12.6. The molecule has 0 saturated heterocycles. The van der Waals surface area contributed by atoms with Crippen molar-refractivity contribution in [1.29, 1.82) is 0 Å². The molecule has 118 valence electrons. The first-order chi connectivity index (χ1) is 11.7. The minimum absolute atomic E-state index is 0.0980. The third-order valence-corrected chi connectivity index (χ3v) is 3.28. The van der Waals surface area contributed by atoms with Crippen molar-refractivity contribution in [3.63, 3.8) is 0 Å². The van der Waals surface area contributed by atoms with E-state index in [1.165, 1.54) is 18.2 Å². The number of hydrogen-bond donors (Lipinski definition) is 0. The highest BCUT2D eigenvalue weighted by Crippen LogP contribution is 2.12. The number of oxime groups is 1. The van der Waals surface area contributed by atoms with Crippen LogP contribution in [0.15, 0.2) is 84.3 Å². The van der Waals surface area contributed by atoms with Gasteiger partial charge in [0.2, 0.25) is 0 Å². The average molecular weight is 320 g/mol. The van der Waals surface area contributed by atoms with Crippen LogP contribution in [0.2, 0.25) is 0 Å². The molecule has 0 amide bonds. The molecule has 3 rings (SSSR count). The first kappa shape index (κ1) is 15.6. The second kappa shape index (κ2) is 7.28. The van der Waals surface area contributed by atoms with Gasteiger partial charge in [-0.2, -0.15) is 0 Å². The van der Waals surface area contributed by atoms with Crippen LogP contribution in [0.5, 0.6) is 0 Å². The fraction of sp³-hybridized carbons (Fsp3) is 0. The Hall–Kier alpha value is -3.34. The standard InChI is InChI=1S/C19H13FN2O2/c20-17-8-4-7-16(13-17)19(23)24-22-18(14-5-2-1-3-6-14)15-9-11-21-12-10-15/h1-13H/b22-18+. The maximum Gasteiger partial charge on any atom is 0.365 e. The number of hydrogen-bond acceptors (Lipinski definition) is 4. The van der Waals surface area contributed by atoms with Crippen molar-refractivity contribution >= 4 is 11.7 Å². The predicted molar refractivity (Wildman–Crippen MR) is 88.1 cm³/mol. The van der Waals surface area contributed by atoms with Crippen LogP contribution >= 0.6 is 0 Å². The molecule has 1 aromatic heterocycles. The molecule has 0 bridgehead atoms. The smallest absolute Gasteiger partial charge is 0.312 e. The van der Waals surface area contributed by atoms with Gasteiger partial charge in [-0.1, -0.05) is 41.6 Å². The van der Waals surface area contributed by atoms with Crippen LogP contribution in [0.1, 0.15) is 21.5 Å². The van der Waals surface area contributed by atoms with Crippen molar-refractivity contribution in [3.8, 4) is 0 Å². The Morgan fingerprint density at radius 1 is 0.875 bits per heavy atom. The number of nitrogens with zero attached hydrogens (tertiary/aromatic N) is 2. The van der Waals surface area contributed by atoms with E-state index in [9.17, 15) is 9.18 Å². The van der Waals surface area contributed by atoms with Crippen molar-refractivity contribution in [2.24, 2.45) is 5.16 Å². The highest BCUT2D eigenvalue weighted by Gasteiger charge is 2.11. The van der Waals surface area contributed by atoms with Gasteiger partial charge in [-0.15, -0.1) is 0 Å². The summed E-state index contributed by atoms with van der Waals surface area (Å²) >= 11 is 0. The van der Waals surface area contributed by atoms with Gasteiger partial charge in [0.05, 0.1) is 5.56 Å². The summed E-state index contributed by atoms with van der Waals surface area (Å²) in [5.41, 5.74) is 2.13. The minimum Gasteiger partial charge on any atom is -0.312 e. The number of pyridine rings is 1. The molecule has 0 N–H and O–H groups in total. The summed E-state index contributed by atoms with van der Waals surface area (Å²) in [5, 5.41) is 3.99. The van der Waals surface area contributed by atoms with E-state index < -0.39 is 11.8 Å². The topological polar surface area (TPSA) is 51.5 Å². The fourth-order valence-electron chi connectivity index (χ4n) is 2.13. The maximum absolute atomic E-state index is 13.2. The molecule has 0 fully saturated rings. The summed E-state index contributed by atoms with van der Waals surface area (Å²) in [7, 11) is 0. The monoisotopic (exact) mass is 320 g/mol. The Balaban J connectivity index is 1.91. The molecule has 4 nitrogen and oxygen atoms in total. The average Bonchev–Trinajstić information content (AvgIpc) is 2.63. The Morgan fingerprint density at radius 3 is 2.25 bits per heavy atom. The van der Waals surface area contributed by atoms with E-state index in [4.69, 9.17) is 4.84 Å². The molecule has 0 aliphatic rings. The number of carbonyl (C=O) groups excluding carboxylic acids is 1. The molecule has 3 aromatic rings. The van der Waals surface area contributed by atoms with Crippen molar-refractivity contribution in [2.75, 3.05) is 0 Å². The van der Waals surface area contributed by atoms with Crippen LogP contribution in [0.4, 0.5) is 4.39 Å². The van der Waals surface area contributed by atoms with Gasteiger partial charge in [-0.25, -0.2) is 9.18 Å². The number of aromatic nitrogens is 1. The van der Waals surface area contributed by atoms with Crippen LogP contribution in [0.3, 0.4) is 0 Å². The molecule has 1 heterocycles. The summed E-state index contributed by atoms with van der Waals surface area (Å²) < 4.78 is 13.2. The molecular weight excluding hydrogens is 307 g/mol. The van der Waals surface area contributed by atoms with E-state index in [0.717, 1.165) is 17.2 Å². The van der Waals surface area contributed by atoms with Crippen molar-refractivity contribution in [1.82, 2.24) is 4.98 Å². The molecule has 0 spiro atoms. The fourth-order valence-corrected chi connectivity index (χ4v) is 2.13. The maximum atomic E-state index is 13.2. The lowest BCUT2D eigenvalue weighted by Gasteiger charge is -2.06. The van der Waals surface area contributed by atoms with Crippen LogP contribution in [0.25, 0.3) is 0 Å². The largest absolute Gasteiger partial charge is 0.365 e. The number of halogens is 1. The highest BCUT2D eigenvalue weighted by atomic mass is 19.1. The zero-order chi connectivity index (χ0) is 16.8. The molecule has 0 aliphatic carbocycles. The second-order valence-electron chi connectivity index (χ2n) is 4.93. The zero-order valence-corrected chi connectivity index (χ0v) is 12.6. The lowest BCUT2D eigenvalue weighted by Crippen LogP contribution is -2.08. The van der Waals surface area contributed by atoms with Crippen molar-refractivity contribution in [3.05, 3.63) is 102 Å². The van der Waals surface area contributed by atoms with E-state index in [1.54, 1.807) is 24.5 Å². The van der Waals surface area contributed by atoms with Crippen molar-refractivity contribution in [2.45, 2.75) is 0 Å². The van der Waals surface area contributed by atoms with Gasteiger partial charge in [0.25, 0.3) is 0 Å². The first-order valence-corrected chi connectivity index (χ1v) is 7.25. The summed E-state index contributed by atoms with van der Waals surface area (Å²) in [4.78, 5) is 21.0. The van der Waals surface area contributed by atoms with Gasteiger partial charge >= 0.3 is 5.97 Å². The molecule has 0 saturated carbocycles. The van der Waals surface area contributed by atoms with E-state index >= 15 is 0 Å². The molecule has 0 aliphatic heterocycles. The van der Waals surface area contributed by atoms with E-state index in [2.05, 4.69) is 10.1 Å². The molecule has 0 radical (unpaired) electrons. The Morgan fingerprint density at radius 2 is 1.54 bits per heavy atom. The molecular formula is C19H13FN2O2. The molecule has 5 heteroatoms.